The quantitative estimate of drug-likeness (QED) is 0.734. The highest BCUT2D eigenvalue weighted by Crippen LogP contribution is 2.21. The van der Waals surface area contributed by atoms with Gasteiger partial charge in [0.05, 0.1) is 4.90 Å². The Balaban J connectivity index is 1.92. The Labute approximate surface area is 163 Å². The fourth-order valence-electron chi connectivity index (χ4n) is 2.80. The first-order valence-electron chi connectivity index (χ1n) is 8.99. The van der Waals surface area contributed by atoms with Crippen LogP contribution in [0.1, 0.15) is 25.3 Å². The second kappa shape index (κ2) is 9.12. The number of hydrogen-bond donors (Lipinski definition) is 1. The molecule has 146 valence electrons. The number of nitrogens with zero attached hydrogens (tertiary/aromatic N) is 3. The average Bonchev–Trinajstić information content (AvgIpc) is 2.61. The van der Waals surface area contributed by atoms with E-state index in [-0.39, 0.29) is 0 Å². The van der Waals surface area contributed by atoms with E-state index in [9.17, 15) is 8.42 Å². The van der Waals surface area contributed by atoms with Crippen LogP contribution in [0.3, 0.4) is 0 Å². The van der Waals surface area contributed by atoms with E-state index in [0.717, 1.165) is 18.7 Å². The van der Waals surface area contributed by atoms with Crippen LogP contribution in [0.25, 0.3) is 0 Å². The lowest BCUT2D eigenvalue weighted by Gasteiger charge is -2.35. The number of benzene rings is 1. The Morgan fingerprint density at radius 2 is 1.73 bits per heavy atom. The van der Waals surface area contributed by atoms with Crippen molar-refractivity contribution in [3.63, 3.8) is 0 Å². The van der Waals surface area contributed by atoms with Crippen molar-refractivity contribution < 1.29 is 8.42 Å². The lowest BCUT2D eigenvalue weighted by molar-refractivity contribution is 0.263. The molecule has 0 spiro atoms. The smallest absolute Gasteiger partial charge is 0.243 e. The van der Waals surface area contributed by atoms with Crippen molar-refractivity contribution in [1.29, 1.82) is 0 Å². The van der Waals surface area contributed by atoms with Crippen LogP contribution < -0.4 is 5.32 Å². The third-order valence-electron chi connectivity index (χ3n) is 4.55. The molecule has 8 heteroatoms. The van der Waals surface area contributed by atoms with Crippen molar-refractivity contribution in [2.24, 2.45) is 0 Å². The normalized spacial score (nSPS) is 16.3. The third kappa shape index (κ3) is 5.39. The van der Waals surface area contributed by atoms with Crippen LogP contribution in [-0.4, -0.2) is 81.0 Å². The molecule has 1 saturated heterocycles. The Morgan fingerprint density at radius 3 is 2.23 bits per heavy atom. The molecular weight excluding hydrogens is 368 g/mol. The van der Waals surface area contributed by atoms with Crippen LogP contribution in [0.4, 0.5) is 0 Å². The van der Waals surface area contributed by atoms with Gasteiger partial charge in [0.25, 0.3) is 0 Å². The maximum Gasteiger partial charge on any atom is 0.243 e. The van der Waals surface area contributed by atoms with Gasteiger partial charge < -0.3 is 15.1 Å². The van der Waals surface area contributed by atoms with E-state index in [1.165, 1.54) is 0 Å². The van der Waals surface area contributed by atoms with Gasteiger partial charge in [0.1, 0.15) is 0 Å². The second-order valence-corrected chi connectivity index (χ2v) is 9.47. The molecule has 1 fully saturated rings. The first-order chi connectivity index (χ1) is 12.2. The molecule has 0 unspecified atom stereocenters. The number of sulfonamides is 1. The summed E-state index contributed by atoms with van der Waals surface area (Å²) in [5.74, 6) is 0.385. The van der Waals surface area contributed by atoms with Gasteiger partial charge in [-0.05, 0) is 49.9 Å². The SMILES string of the molecule is CC(C)c1ccc(S(=O)(=O)N2CCN(C(=S)NCCN(C)C)CC2)cc1. The molecule has 2 rings (SSSR count). The first kappa shape index (κ1) is 21.1. The molecule has 1 aromatic rings. The fourth-order valence-corrected chi connectivity index (χ4v) is 4.51. The molecule has 0 saturated carbocycles. The van der Waals surface area contributed by atoms with Crippen molar-refractivity contribution in [2.75, 3.05) is 53.4 Å². The number of thiocarbonyl (C=S) groups is 1. The van der Waals surface area contributed by atoms with Crippen LogP contribution in [0, 0.1) is 0 Å². The standard InChI is InChI=1S/C18H30N4O2S2/c1-15(2)16-5-7-17(8-6-16)26(23,24)22-13-11-21(12-14-22)18(25)19-9-10-20(3)4/h5-8,15H,9-14H2,1-4H3,(H,19,25). The summed E-state index contributed by atoms with van der Waals surface area (Å²) >= 11 is 5.42. The summed E-state index contributed by atoms with van der Waals surface area (Å²) < 4.78 is 27.2. The minimum atomic E-state index is -3.45. The molecule has 6 nitrogen and oxygen atoms in total. The summed E-state index contributed by atoms with van der Waals surface area (Å²) in [4.78, 5) is 4.49. The number of likely N-dealkylation sites (N-methyl/N-ethyl adjacent to an activating group) is 1. The maximum absolute atomic E-state index is 12.8. The molecule has 0 radical (unpaired) electrons. The largest absolute Gasteiger partial charge is 0.361 e. The summed E-state index contributed by atoms with van der Waals surface area (Å²) in [7, 11) is 0.586. The summed E-state index contributed by atoms with van der Waals surface area (Å²) in [6.07, 6.45) is 0. The molecule has 1 heterocycles. The maximum atomic E-state index is 12.8. The van der Waals surface area contributed by atoms with Gasteiger partial charge in [0.15, 0.2) is 5.11 Å². The Morgan fingerprint density at radius 1 is 1.15 bits per heavy atom. The van der Waals surface area contributed by atoms with Gasteiger partial charge >= 0.3 is 0 Å². The minimum Gasteiger partial charge on any atom is -0.361 e. The summed E-state index contributed by atoms with van der Waals surface area (Å²) in [5, 5.41) is 3.93. The minimum absolute atomic E-state index is 0.363. The zero-order valence-corrected chi connectivity index (χ0v) is 17.7. The van der Waals surface area contributed by atoms with Crippen molar-refractivity contribution in [3.05, 3.63) is 29.8 Å². The topological polar surface area (TPSA) is 55.9 Å². The van der Waals surface area contributed by atoms with E-state index in [0.29, 0.717) is 42.1 Å². The molecule has 26 heavy (non-hydrogen) atoms. The Bertz CT molecular complexity index is 694. The molecular formula is C18H30N4O2S2. The third-order valence-corrected chi connectivity index (χ3v) is 6.86. The Kier molecular flexibility index (Phi) is 7.40. The van der Waals surface area contributed by atoms with Crippen LogP contribution in [0.5, 0.6) is 0 Å². The number of nitrogens with one attached hydrogen (secondary N) is 1. The van der Waals surface area contributed by atoms with Crippen LogP contribution in [0.15, 0.2) is 29.2 Å². The van der Waals surface area contributed by atoms with Crippen molar-refractivity contribution >= 4 is 27.4 Å². The predicted octanol–water partition coefficient (Wildman–Crippen LogP) is 1.55. The molecule has 1 aliphatic rings. The zero-order valence-electron chi connectivity index (χ0n) is 16.1. The number of rotatable bonds is 6. The monoisotopic (exact) mass is 398 g/mol. The highest BCUT2D eigenvalue weighted by Gasteiger charge is 2.29. The van der Waals surface area contributed by atoms with Gasteiger partial charge in [-0.1, -0.05) is 26.0 Å². The molecule has 0 atom stereocenters. The van der Waals surface area contributed by atoms with Crippen molar-refractivity contribution in [1.82, 2.24) is 19.4 Å². The van der Waals surface area contributed by atoms with Crippen LogP contribution in [-0.2, 0) is 10.0 Å². The summed E-state index contributed by atoms with van der Waals surface area (Å²) in [6.45, 7) is 7.99. The van der Waals surface area contributed by atoms with Gasteiger partial charge in [-0.3, -0.25) is 0 Å². The molecule has 0 aliphatic carbocycles. The van der Waals surface area contributed by atoms with Gasteiger partial charge in [-0.2, -0.15) is 4.31 Å². The lowest BCUT2D eigenvalue weighted by atomic mass is 10.0. The molecule has 0 bridgehead atoms. The molecule has 1 aliphatic heterocycles. The number of hydrogen-bond acceptors (Lipinski definition) is 4. The molecule has 0 amide bonds. The van der Waals surface area contributed by atoms with Gasteiger partial charge in [0, 0.05) is 39.3 Å². The van der Waals surface area contributed by atoms with E-state index in [1.807, 2.05) is 31.1 Å². The molecule has 1 aromatic carbocycles. The van der Waals surface area contributed by atoms with E-state index in [1.54, 1.807) is 16.4 Å². The number of piperazine rings is 1. The van der Waals surface area contributed by atoms with Crippen molar-refractivity contribution in [3.8, 4) is 0 Å². The van der Waals surface area contributed by atoms with E-state index < -0.39 is 10.0 Å². The highest BCUT2D eigenvalue weighted by atomic mass is 32.2. The predicted molar refractivity (Wildman–Crippen MR) is 110 cm³/mol. The Hall–Kier alpha value is -1.22. The summed E-state index contributed by atoms with van der Waals surface area (Å²) in [6, 6.07) is 7.23. The highest BCUT2D eigenvalue weighted by molar-refractivity contribution is 7.89. The first-order valence-corrected chi connectivity index (χ1v) is 10.8. The molecule has 1 N–H and O–H groups in total. The van der Waals surface area contributed by atoms with Crippen molar-refractivity contribution in [2.45, 2.75) is 24.7 Å². The second-order valence-electron chi connectivity index (χ2n) is 7.15. The van der Waals surface area contributed by atoms with Gasteiger partial charge in [0.2, 0.25) is 10.0 Å². The van der Waals surface area contributed by atoms with E-state index in [2.05, 4.69) is 24.1 Å². The fraction of sp³-hybridized carbons (Fsp3) is 0.611. The average molecular weight is 399 g/mol. The van der Waals surface area contributed by atoms with Gasteiger partial charge in [-0.25, -0.2) is 8.42 Å². The van der Waals surface area contributed by atoms with Crippen LogP contribution in [0.2, 0.25) is 0 Å². The molecule has 0 aromatic heterocycles. The van der Waals surface area contributed by atoms with Gasteiger partial charge in [-0.15, -0.1) is 0 Å². The van der Waals surface area contributed by atoms with E-state index >= 15 is 0 Å². The van der Waals surface area contributed by atoms with E-state index in [4.69, 9.17) is 12.2 Å². The lowest BCUT2D eigenvalue weighted by Crippen LogP contribution is -2.53. The van der Waals surface area contributed by atoms with Crippen LogP contribution >= 0.6 is 12.2 Å². The summed E-state index contributed by atoms with van der Waals surface area (Å²) in [5.41, 5.74) is 1.14. The zero-order chi connectivity index (χ0) is 19.3.